The maximum atomic E-state index is 14.7. The van der Waals surface area contributed by atoms with Gasteiger partial charge in [0.2, 0.25) is 0 Å². The Labute approximate surface area is 171 Å². The van der Waals surface area contributed by atoms with Gasteiger partial charge in [0.15, 0.2) is 11.4 Å². The van der Waals surface area contributed by atoms with E-state index in [-0.39, 0.29) is 28.5 Å². The summed E-state index contributed by atoms with van der Waals surface area (Å²) in [5, 5.41) is 8.46. The molecule has 0 aliphatic rings. The zero-order valence-corrected chi connectivity index (χ0v) is 16.3. The third kappa shape index (κ3) is 3.36. The van der Waals surface area contributed by atoms with E-state index in [1.54, 1.807) is 24.3 Å². The van der Waals surface area contributed by atoms with E-state index in [1.807, 2.05) is 6.92 Å². The zero-order chi connectivity index (χ0) is 21.3. The van der Waals surface area contributed by atoms with Crippen LogP contribution in [0.4, 0.5) is 8.78 Å². The molecular formula is C22H18F2N4O2. The average molecular weight is 408 g/mol. The molecule has 0 N–H and O–H groups in total. The van der Waals surface area contributed by atoms with Gasteiger partial charge in [0, 0.05) is 0 Å². The van der Waals surface area contributed by atoms with Gasteiger partial charge in [-0.25, -0.2) is 18.1 Å². The van der Waals surface area contributed by atoms with Crippen molar-refractivity contribution in [3.63, 3.8) is 0 Å². The molecule has 6 nitrogen and oxygen atoms in total. The highest BCUT2D eigenvalue weighted by Gasteiger charge is 2.19. The summed E-state index contributed by atoms with van der Waals surface area (Å²) in [6.45, 7) is 1.93. The summed E-state index contributed by atoms with van der Waals surface area (Å²) >= 11 is 0. The molecule has 30 heavy (non-hydrogen) atoms. The van der Waals surface area contributed by atoms with Crippen molar-refractivity contribution < 1.29 is 13.5 Å². The Hall–Kier alpha value is -3.81. The second kappa shape index (κ2) is 7.90. The Morgan fingerprint density at radius 1 is 1.03 bits per heavy atom. The highest BCUT2D eigenvalue weighted by atomic mass is 19.1. The summed E-state index contributed by atoms with van der Waals surface area (Å²) in [7, 11) is 1.34. The first-order valence-corrected chi connectivity index (χ1v) is 9.29. The van der Waals surface area contributed by atoms with Crippen LogP contribution in [0.25, 0.3) is 22.8 Å². The number of rotatable bonds is 5. The zero-order valence-electron chi connectivity index (χ0n) is 16.3. The minimum Gasteiger partial charge on any atom is -0.491 e. The third-order valence-corrected chi connectivity index (χ3v) is 4.74. The summed E-state index contributed by atoms with van der Waals surface area (Å²) in [6, 6.07) is 12.4. The molecule has 0 fully saturated rings. The van der Waals surface area contributed by atoms with Gasteiger partial charge in [-0.3, -0.25) is 4.79 Å². The van der Waals surface area contributed by atoms with Crippen LogP contribution in [0.1, 0.15) is 12.5 Å². The summed E-state index contributed by atoms with van der Waals surface area (Å²) in [5.41, 5.74) is 0.840. The van der Waals surface area contributed by atoms with E-state index < -0.39 is 17.1 Å². The van der Waals surface area contributed by atoms with Gasteiger partial charge in [0.1, 0.15) is 23.0 Å². The van der Waals surface area contributed by atoms with E-state index in [0.29, 0.717) is 6.42 Å². The predicted octanol–water partition coefficient (Wildman–Crippen LogP) is 3.93. The standard InChI is InChI=1S/C22H18F2N4O2/c1-3-14-8-9-17(16(24)12-14)27-13-20(30-2)22(29)21(26-27)19-10-11-25-28(19)18-7-5-4-6-15(18)23/h4-13H,3H2,1-2H3. The van der Waals surface area contributed by atoms with Crippen molar-refractivity contribution in [2.24, 2.45) is 0 Å². The van der Waals surface area contributed by atoms with E-state index in [2.05, 4.69) is 10.2 Å². The lowest BCUT2D eigenvalue weighted by atomic mass is 10.1. The second-order valence-electron chi connectivity index (χ2n) is 6.54. The molecule has 0 unspecified atom stereocenters. The van der Waals surface area contributed by atoms with Gasteiger partial charge in [-0.15, -0.1) is 0 Å². The average Bonchev–Trinajstić information content (AvgIpc) is 3.23. The second-order valence-corrected chi connectivity index (χ2v) is 6.54. The van der Waals surface area contributed by atoms with Crippen molar-refractivity contribution in [2.45, 2.75) is 13.3 Å². The molecule has 0 saturated heterocycles. The molecule has 0 spiro atoms. The van der Waals surface area contributed by atoms with Gasteiger partial charge in [-0.1, -0.05) is 25.1 Å². The van der Waals surface area contributed by atoms with Crippen molar-refractivity contribution in [1.82, 2.24) is 19.6 Å². The topological polar surface area (TPSA) is 61.9 Å². The van der Waals surface area contributed by atoms with Crippen LogP contribution in [0.2, 0.25) is 0 Å². The lowest BCUT2D eigenvalue weighted by Crippen LogP contribution is -2.18. The monoisotopic (exact) mass is 408 g/mol. The summed E-state index contributed by atoms with van der Waals surface area (Å²) in [4.78, 5) is 12.9. The van der Waals surface area contributed by atoms with Gasteiger partial charge in [-0.2, -0.15) is 10.2 Å². The number of hydrogen-bond donors (Lipinski definition) is 0. The Morgan fingerprint density at radius 3 is 2.53 bits per heavy atom. The third-order valence-electron chi connectivity index (χ3n) is 4.74. The largest absolute Gasteiger partial charge is 0.491 e. The fourth-order valence-corrected chi connectivity index (χ4v) is 3.16. The lowest BCUT2D eigenvalue weighted by Gasteiger charge is -2.13. The minimum absolute atomic E-state index is 0.0275. The quantitative estimate of drug-likeness (QED) is 0.502. The van der Waals surface area contributed by atoms with Gasteiger partial charge in [0.05, 0.1) is 25.2 Å². The smallest absolute Gasteiger partial charge is 0.251 e. The Morgan fingerprint density at radius 2 is 1.83 bits per heavy atom. The highest BCUT2D eigenvalue weighted by molar-refractivity contribution is 5.59. The molecule has 152 valence electrons. The number of hydrogen-bond acceptors (Lipinski definition) is 4. The van der Waals surface area contributed by atoms with Gasteiger partial charge in [-0.05, 0) is 42.3 Å². The first-order valence-electron chi connectivity index (χ1n) is 9.29. The first kappa shape index (κ1) is 19.5. The molecule has 0 saturated carbocycles. The molecule has 8 heteroatoms. The fourth-order valence-electron chi connectivity index (χ4n) is 3.16. The number of methoxy groups -OCH3 is 1. The molecule has 0 aliphatic heterocycles. The summed E-state index contributed by atoms with van der Waals surface area (Å²) in [5.74, 6) is -1.02. The fraction of sp³-hybridized carbons (Fsp3) is 0.136. The van der Waals surface area contributed by atoms with Gasteiger partial charge >= 0.3 is 0 Å². The van der Waals surface area contributed by atoms with Crippen LogP contribution in [0.3, 0.4) is 0 Å². The normalized spacial score (nSPS) is 10.9. The predicted molar refractivity (Wildman–Crippen MR) is 108 cm³/mol. The van der Waals surface area contributed by atoms with E-state index in [4.69, 9.17) is 4.74 Å². The van der Waals surface area contributed by atoms with Crippen molar-refractivity contribution in [3.05, 3.63) is 88.3 Å². The Balaban J connectivity index is 1.93. The summed E-state index contributed by atoms with van der Waals surface area (Å²) < 4.78 is 36.7. The van der Waals surface area contributed by atoms with Crippen LogP contribution in [0, 0.1) is 11.6 Å². The number of nitrogens with zero attached hydrogens (tertiary/aromatic N) is 4. The number of ether oxygens (including phenoxy) is 1. The van der Waals surface area contributed by atoms with Gasteiger partial charge < -0.3 is 4.74 Å². The molecule has 0 aliphatic carbocycles. The van der Waals surface area contributed by atoms with Crippen molar-refractivity contribution in [2.75, 3.05) is 7.11 Å². The van der Waals surface area contributed by atoms with Crippen LogP contribution in [-0.4, -0.2) is 26.7 Å². The van der Waals surface area contributed by atoms with Crippen LogP contribution in [-0.2, 0) is 6.42 Å². The maximum absolute atomic E-state index is 14.7. The molecule has 0 atom stereocenters. The molecule has 2 aromatic heterocycles. The first-order chi connectivity index (χ1) is 14.5. The molecule has 4 aromatic rings. The highest BCUT2D eigenvalue weighted by Crippen LogP contribution is 2.23. The van der Waals surface area contributed by atoms with Crippen LogP contribution in [0.5, 0.6) is 5.75 Å². The maximum Gasteiger partial charge on any atom is 0.251 e. The lowest BCUT2D eigenvalue weighted by molar-refractivity contribution is 0.405. The number of aromatic nitrogens is 4. The van der Waals surface area contributed by atoms with E-state index in [1.165, 1.54) is 53.1 Å². The van der Waals surface area contributed by atoms with Gasteiger partial charge in [0.25, 0.3) is 5.43 Å². The molecule has 2 heterocycles. The molecule has 0 radical (unpaired) electrons. The number of halogens is 2. The van der Waals surface area contributed by atoms with Crippen LogP contribution in [0.15, 0.2) is 65.7 Å². The molecule has 4 rings (SSSR count). The molecular weight excluding hydrogens is 390 g/mol. The van der Waals surface area contributed by atoms with E-state index in [0.717, 1.165) is 5.56 Å². The number of para-hydroxylation sites is 1. The molecule has 0 amide bonds. The Bertz CT molecular complexity index is 1280. The van der Waals surface area contributed by atoms with Crippen molar-refractivity contribution in [1.29, 1.82) is 0 Å². The van der Waals surface area contributed by atoms with Crippen molar-refractivity contribution in [3.8, 4) is 28.5 Å². The van der Waals surface area contributed by atoms with E-state index >= 15 is 0 Å². The van der Waals surface area contributed by atoms with Crippen LogP contribution < -0.4 is 10.2 Å². The number of aryl methyl sites for hydroxylation is 1. The Kier molecular flexibility index (Phi) is 5.14. The molecule has 2 aromatic carbocycles. The van der Waals surface area contributed by atoms with Crippen molar-refractivity contribution >= 4 is 0 Å². The van der Waals surface area contributed by atoms with Crippen LogP contribution >= 0.6 is 0 Å². The summed E-state index contributed by atoms with van der Waals surface area (Å²) in [6.07, 6.45) is 3.44. The minimum atomic E-state index is -0.516. The van der Waals surface area contributed by atoms with E-state index in [9.17, 15) is 13.6 Å². The number of benzene rings is 2. The molecule has 0 bridgehead atoms. The SMILES string of the molecule is CCc1ccc(-n2cc(OC)c(=O)c(-c3ccnn3-c3ccccc3F)n2)c(F)c1.